The molecule has 0 radical (unpaired) electrons. The van der Waals surface area contributed by atoms with Gasteiger partial charge in [-0.3, -0.25) is 0 Å². The van der Waals surface area contributed by atoms with Crippen molar-refractivity contribution in [1.29, 1.82) is 5.26 Å². The van der Waals surface area contributed by atoms with Crippen molar-refractivity contribution in [3.05, 3.63) is 109 Å². The van der Waals surface area contributed by atoms with Gasteiger partial charge in [-0.1, -0.05) is 97.1 Å². The summed E-state index contributed by atoms with van der Waals surface area (Å²) in [5, 5.41) is 9.69. The summed E-state index contributed by atoms with van der Waals surface area (Å²) in [6, 6.07) is 37.2. The summed E-state index contributed by atoms with van der Waals surface area (Å²) in [5.74, 6) is 0. The molecule has 1 nitrogen and oxygen atoms in total. The molecule has 1 heteroatoms. The van der Waals surface area contributed by atoms with E-state index < -0.39 is 0 Å². The van der Waals surface area contributed by atoms with Crippen LogP contribution < -0.4 is 0 Å². The smallest absolute Gasteiger partial charge is 0.0998 e. The van der Waals surface area contributed by atoms with Crippen LogP contribution in [0.15, 0.2) is 103 Å². The number of nitrogens with zero attached hydrogens (tertiary/aromatic N) is 1. The van der Waals surface area contributed by atoms with E-state index in [2.05, 4.69) is 72.8 Å². The van der Waals surface area contributed by atoms with Crippen LogP contribution in [0, 0.1) is 11.3 Å². The quantitative estimate of drug-likeness (QED) is 0.417. The minimum Gasteiger partial charge on any atom is -0.192 e. The minimum absolute atomic E-state index is 0.691. The van der Waals surface area contributed by atoms with E-state index in [4.69, 9.17) is 0 Å². The van der Waals surface area contributed by atoms with Crippen LogP contribution in [-0.4, -0.2) is 0 Å². The van der Waals surface area contributed by atoms with Crippen molar-refractivity contribution >= 4 is 0 Å². The van der Waals surface area contributed by atoms with Gasteiger partial charge >= 0.3 is 0 Å². The molecule has 122 valence electrons. The topological polar surface area (TPSA) is 23.8 Å². The zero-order valence-electron chi connectivity index (χ0n) is 14.3. The molecule has 0 aliphatic rings. The summed E-state index contributed by atoms with van der Waals surface area (Å²) in [4.78, 5) is 0. The van der Waals surface area contributed by atoms with E-state index in [0.717, 1.165) is 22.3 Å². The van der Waals surface area contributed by atoms with Gasteiger partial charge in [0.15, 0.2) is 0 Å². The normalized spacial score (nSPS) is 10.3. The molecule has 0 aliphatic heterocycles. The molecule has 0 spiro atoms. The van der Waals surface area contributed by atoms with Gasteiger partial charge in [0, 0.05) is 5.56 Å². The van der Waals surface area contributed by atoms with Crippen LogP contribution >= 0.6 is 0 Å². The SMILES string of the molecule is N#Cc1cccc(-c2ccccc2-c2ccccc2)c1-c1ccccc1. The van der Waals surface area contributed by atoms with Crippen LogP contribution in [0.3, 0.4) is 0 Å². The maximum absolute atomic E-state index is 9.69. The molecule has 0 bridgehead atoms. The average Bonchev–Trinajstić information content (AvgIpc) is 2.74. The molecule has 0 saturated heterocycles. The number of nitriles is 1. The van der Waals surface area contributed by atoms with Gasteiger partial charge in [0.2, 0.25) is 0 Å². The minimum atomic E-state index is 0.691. The molecular formula is C25H17N. The first-order valence-electron chi connectivity index (χ1n) is 8.62. The average molecular weight is 331 g/mol. The maximum atomic E-state index is 9.69. The highest BCUT2D eigenvalue weighted by molar-refractivity contribution is 5.93. The van der Waals surface area contributed by atoms with E-state index in [-0.39, 0.29) is 0 Å². The lowest BCUT2D eigenvalue weighted by Gasteiger charge is -2.16. The molecule has 0 atom stereocenters. The Hall–Kier alpha value is -3.63. The molecule has 0 unspecified atom stereocenters. The molecule has 4 aromatic rings. The molecule has 0 amide bonds. The van der Waals surface area contributed by atoms with E-state index in [1.807, 2.05) is 36.4 Å². The third kappa shape index (κ3) is 2.90. The second kappa shape index (κ2) is 7.09. The molecule has 26 heavy (non-hydrogen) atoms. The zero-order valence-corrected chi connectivity index (χ0v) is 14.3. The van der Waals surface area contributed by atoms with Crippen molar-refractivity contribution in [2.24, 2.45) is 0 Å². The molecule has 4 aromatic carbocycles. The van der Waals surface area contributed by atoms with Gasteiger partial charge in [0.25, 0.3) is 0 Å². The van der Waals surface area contributed by atoms with Crippen molar-refractivity contribution < 1.29 is 0 Å². The van der Waals surface area contributed by atoms with Gasteiger partial charge < -0.3 is 0 Å². The van der Waals surface area contributed by atoms with Crippen molar-refractivity contribution in [1.82, 2.24) is 0 Å². The molecule has 0 aliphatic carbocycles. The number of rotatable bonds is 3. The van der Waals surface area contributed by atoms with Crippen molar-refractivity contribution in [2.45, 2.75) is 0 Å². The van der Waals surface area contributed by atoms with Crippen molar-refractivity contribution in [3.63, 3.8) is 0 Å². The summed E-state index contributed by atoms with van der Waals surface area (Å²) in [6.07, 6.45) is 0. The summed E-state index contributed by atoms with van der Waals surface area (Å²) in [6.45, 7) is 0. The predicted molar refractivity (Wildman–Crippen MR) is 107 cm³/mol. The summed E-state index contributed by atoms with van der Waals surface area (Å²) in [7, 11) is 0. The van der Waals surface area contributed by atoms with Gasteiger partial charge in [-0.25, -0.2) is 0 Å². The molecule has 0 N–H and O–H groups in total. The zero-order chi connectivity index (χ0) is 17.8. The molecule has 0 heterocycles. The number of hydrogen-bond donors (Lipinski definition) is 0. The van der Waals surface area contributed by atoms with Gasteiger partial charge in [0.05, 0.1) is 11.6 Å². The highest BCUT2D eigenvalue weighted by Gasteiger charge is 2.15. The number of benzene rings is 4. The Morgan fingerprint density at radius 1 is 0.462 bits per heavy atom. The predicted octanol–water partition coefficient (Wildman–Crippen LogP) is 6.56. The second-order valence-corrected chi connectivity index (χ2v) is 6.12. The maximum Gasteiger partial charge on any atom is 0.0998 e. The Balaban J connectivity index is 2.01. The number of hydrogen-bond acceptors (Lipinski definition) is 1. The Kier molecular flexibility index (Phi) is 4.33. The van der Waals surface area contributed by atoms with Gasteiger partial charge in [-0.05, 0) is 33.9 Å². The molecular weight excluding hydrogens is 314 g/mol. The Bertz CT molecular complexity index is 1070. The highest BCUT2D eigenvalue weighted by Crippen LogP contribution is 2.39. The van der Waals surface area contributed by atoms with Crippen LogP contribution in [0.5, 0.6) is 0 Å². The van der Waals surface area contributed by atoms with Crippen molar-refractivity contribution in [2.75, 3.05) is 0 Å². The molecule has 0 saturated carbocycles. The fraction of sp³-hybridized carbons (Fsp3) is 0. The third-order valence-corrected chi connectivity index (χ3v) is 4.55. The van der Waals surface area contributed by atoms with Crippen LogP contribution in [-0.2, 0) is 0 Å². The van der Waals surface area contributed by atoms with E-state index in [1.54, 1.807) is 0 Å². The summed E-state index contributed by atoms with van der Waals surface area (Å²) < 4.78 is 0. The molecule has 4 rings (SSSR count). The molecule has 0 fully saturated rings. The Morgan fingerprint density at radius 2 is 1.00 bits per heavy atom. The van der Waals surface area contributed by atoms with Crippen LogP contribution in [0.25, 0.3) is 33.4 Å². The fourth-order valence-electron chi connectivity index (χ4n) is 3.37. The first-order chi connectivity index (χ1) is 12.9. The first-order valence-corrected chi connectivity index (χ1v) is 8.62. The van der Waals surface area contributed by atoms with E-state index in [9.17, 15) is 5.26 Å². The van der Waals surface area contributed by atoms with Crippen LogP contribution in [0.2, 0.25) is 0 Å². The summed E-state index contributed by atoms with van der Waals surface area (Å²) in [5.41, 5.74) is 7.28. The molecule has 0 aromatic heterocycles. The van der Waals surface area contributed by atoms with E-state index in [0.29, 0.717) is 5.56 Å². The lowest BCUT2D eigenvalue weighted by atomic mass is 9.87. The third-order valence-electron chi connectivity index (χ3n) is 4.55. The second-order valence-electron chi connectivity index (χ2n) is 6.12. The lowest BCUT2D eigenvalue weighted by Crippen LogP contribution is -1.92. The monoisotopic (exact) mass is 331 g/mol. The van der Waals surface area contributed by atoms with Crippen molar-refractivity contribution in [3.8, 4) is 39.4 Å². The van der Waals surface area contributed by atoms with Gasteiger partial charge in [-0.15, -0.1) is 0 Å². The van der Waals surface area contributed by atoms with Crippen LogP contribution in [0.1, 0.15) is 5.56 Å². The summed E-state index contributed by atoms with van der Waals surface area (Å²) >= 11 is 0. The highest BCUT2D eigenvalue weighted by atomic mass is 14.3. The van der Waals surface area contributed by atoms with Gasteiger partial charge in [-0.2, -0.15) is 5.26 Å². The standard InChI is InChI=1S/C25H17N/c26-18-21-14-9-17-24(25(21)20-12-5-2-6-13-20)23-16-8-7-15-22(23)19-10-3-1-4-11-19/h1-17H. The van der Waals surface area contributed by atoms with Crippen LogP contribution in [0.4, 0.5) is 0 Å². The first kappa shape index (κ1) is 15.9. The Morgan fingerprint density at radius 3 is 1.65 bits per heavy atom. The largest absolute Gasteiger partial charge is 0.192 e. The fourth-order valence-corrected chi connectivity index (χ4v) is 3.37. The van der Waals surface area contributed by atoms with Gasteiger partial charge in [0.1, 0.15) is 0 Å². The van der Waals surface area contributed by atoms with E-state index in [1.165, 1.54) is 11.1 Å². The Labute approximate surface area is 153 Å². The van der Waals surface area contributed by atoms with E-state index >= 15 is 0 Å². The lowest BCUT2D eigenvalue weighted by molar-refractivity contribution is 1.47.